The number of nitriles is 1. The van der Waals surface area contributed by atoms with Crippen molar-refractivity contribution in [3.63, 3.8) is 0 Å². The van der Waals surface area contributed by atoms with Gasteiger partial charge < -0.3 is 0 Å². The second kappa shape index (κ2) is 7.49. The van der Waals surface area contributed by atoms with Crippen molar-refractivity contribution in [2.75, 3.05) is 13.1 Å². The van der Waals surface area contributed by atoms with Gasteiger partial charge in [-0.25, -0.2) is 4.39 Å². The van der Waals surface area contributed by atoms with Crippen molar-refractivity contribution < 1.29 is 4.39 Å². The van der Waals surface area contributed by atoms with Crippen LogP contribution in [-0.4, -0.2) is 24.2 Å². The average molecular weight is 326 g/mol. The molecule has 2 aliphatic rings. The summed E-state index contributed by atoms with van der Waals surface area (Å²) < 4.78 is 14.5. The first-order chi connectivity index (χ1) is 11.6. The highest BCUT2D eigenvalue weighted by molar-refractivity contribution is 5.66. The number of allylic oxidation sites excluding steroid dienone is 2. The third-order valence-electron chi connectivity index (χ3n) is 5.68. The van der Waals surface area contributed by atoms with Gasteiger partial charge in [0.1, 0.15) is 6.17 Å². The van der Waals surface area contributed by atoms with E-state index in [1.807, 2.05) is 6.92 Å². The molecule has 0 saturated carbocycles. The first kappa shape index (κ1) is 17.2. The van der Waals surface area contributed by atoms with E-state index in [9.17, 15) is 4.39 Å². The Balaban J connectivity index is 1.59. The van der Waals surface area contributed by atoms with Gasteiger partial charge in [-0.2, -0.15) is 5.26 Å². The van der Waals surface area contributed by atoms with Crippen molar-refractivity contribution in [1.29, 1.82) is 5.26 Å². The molecule has 128 valence electrons. The predicted molar refractivity (Wildman–Crippen MR) is 96.0 cm³/mol. The summed E-state index contributed by atoms with van der Waals surface area (Å²) in [5.41, 5.74) is 3.58. The van der Waals surface area contributed by atoms with Gasteiger partial charge in [-0.05, 0) is 55.3 Å². The van der Waals surface area contributed by atoms with E-state index in [1.165, 1.54) is 42.4 Å². The highest BCUT2D eigenvalue weighted by Gasteiger charge is 2.39. The van der Waals surface area contributed by atoms with Crippen molar-refractivity contribution in [3.05, 3.63) is 41.5 Å². The molecule has 24 heavy (non-hydrogen) atoms. The molecule has 3 heteroatoms. The Bertz CT molecular complexity index is 628. The number of nitrogens with zero attached hydrogens (tertiary/aromatic N) is 2. The van der Waals surface area contributed by atoms with Gasteiger partial charge in [0.25, 0.3) is 0 Å². The Kier molecular flexibility index (Phi) is 5.36. The second-order valence-electron chi connectivity index (χ2n) is 7.61. The zero-order chi connectivity index (χ0) is 17.0. The number of rotatable bonds is 4. The van der Waals surface area contributed by atoms with Crippen LogP contribution in [-0.2, 0) is 6.54 Å². The van der Waals surface area contributed by atoms with Crippen molar-refractivity contribution in [2.24, 2.45) is 5.41 Å². The maximum atomic E-state index is 14.5. The Hall–Kier alpha value is -1.66. The molecule has 1 saturated heterocycles. The van der Waals surface area contributed by atoms with Gasteiger partial charge in [-0.3, -0.25) is 4.90 Å². The van der Waals surface area contributed by atoms with Crippen LogP contribution in [0.15, 0.2) is 30.3 Å². The van der Waals surface area contributed by atoms with E-state index >= 15 is 0 Å². The molecule has 2 atom stereocenters. The lowest BCUT2D eigenvalue weighted by atomic mass is 9.76. The van der Waals surface area contributed by atoms with Crippen LogP contribution in [0.1, 0.15) is 56.6 Å². The summed E-state index contributed by atoms with van der Waals surface area (Å²) in [7, 11) is 0. The van der Waals surface area contributed by atoms with Gasteiger partial charge in [0.2, 0.25) is 0 Å². The Morgan fingerprint density at radius 2 is 2.08 bits per heavy atom. The van der Waals surface area contributed by atoms with Crippen LogP contribution in [0, 0.1) is 16.7 Å². The first-order valence-electron chi connectivity index (χ1n) is 9.12. The maximum absolute atomic E-state index is 14.5. The monoisotopic (exact) mass is 326 g/mol. The second-order valence-corrected chi connectivity index (χ2v) is 7.61. The molecule has 2 nitrogen and oxygen atoms in total. The fraction of sp³-hybridized carbons (Fsp3) is 0.571. The molecular formula is C21H27FN2. The van der Waals surface area contributed by atoms with Crippen LogP contribution in [0.4, 0.5) is 4.39 Å². The fourth-order valence-electron chi connectivity index (χ4n) is 3.81. The van der Waals surface area contributed by atoms with Gasteiger partial charge >= 0.3 is 0 Å². The molecule has 0 bridgehead atoms. The number of alkyl halides is 1. The fourth-order valence-corrected chi connectivity index (χ4v) is 3.81. The molecular weight excluding hydrogens is 299 g/mol. The molecule has 0 radical (unpaired) electrons. The summed E-state index contributed by atoms with van der Waals surface area (Å²) in [6.45, 7) is 4.00. The number of halogens is 1. The van der Waals surface area contributed by atoms with Crippen LogP contribution in [0.25, 0.3) is 5.57 Å². The molecule has 0 N–H and O–H groups in total. The SMILES string of the molecule is CC1(CC#N)CCN(Cc2ccc(C3=CCCCC3)cc2)CC1F. The summed E-state index contributed by atoms with van der Waals surface area (Å²) in [4.78, 5) is 2.18. The van der Waals surface area contributed by atoms with Crippen LogP contribution in [0.3, 0.4) is 0 Å². The molecule has 1 fully saturated rings. The van der Waals surface area contributed by atoms with Crippen molar-refractivity contribution in [2.45, 2.75) is 58.2 Å². The number of likely N-dealkylation sites (tertiary alicyclic amines) is 1. The lowest BCUT2D eigenvalue weighted by Gasteiger charge is -2.41. The normalized spacial score (nSPS) is 28.2. The Morgan fingerprint density at radius 3 is 2.71 bits per heavy atom. The van der Waals surface area contributed by atoms with Gasteiger partial charge in [0.15, 0.2) is 0 Å². The van der Waals surface area contributed by atoms with Gasteiger partial charge in [-0.15, -0.1) is 0 Å². The first-order valence-corrected chi connectivity index (χ1v) is 9.12. The van der Waals surface area contributed by atoms with Crippen molar-refractivity contribution in [3.8, 4) is 6.07 Å². The van der Waals surface area contributed by atoms with E-state index in [0.29, 0.717) is 13.0 Å². The number of hydrogen-bond acceptors (Lipinski definition) is 2. The highest BCUT2D eigenvalue weighted by Crippen LogP contribution is 2.37. The topological polar surface area (TPSA) is 27.0 Å². The van der Waals surface area contributed by atoms with Crippen LogP contribution >= 0.6 is 0 Å². The number of hydrogen-bond donors (Lipinski definition) is 0. The largest absolute Gasteiger partial charge is 0.296 e. The summed E-state index contributed by atoms with van der Waals surface area (Å²) in [5, 5.41) is 8.90. The molecule has 0 aromatic heterocycles. The van der Waals surface area contributed by atoms with Gasteiger partial charge in [0, 0.05) is 24.9 Å². The smallest absolute Gasteiger partial charge is 0.119 e. The van der Waals surface area contributed by atoms with Gasteiger partial charge in [-0.1, -0.05) is 37.3 Å². The Morgan fingerprint density at radius 1 is 1.29 bits per heavy atom. The summed E-state index contributed by atoms with van der Waals surface area (Å²) in [5.74, 6) is 0. The molecule has 1 aliphatic carbocycles. The molecule has 3 rings (SSSR count). The number of benzene rings is 1. The van der Waals surface area contributed by atoms with Crippen molar-refractivity contribution in [1.82, 2.24) is 4.90 Å². The summed E-state index contributed by atoms with van der Waals surface area (Å²) in [6.07, 6.45) is 7.51. The Labute approximate surface area is 145 Å². The third-order valence-corrected chi connectivity index (χ3v) is 5.68. The van der Waals surface area contributed by atoms with Crippen LogP contribution in [0.2, 0.25) is 0 Å². The van der Waals surface area contributed by atoms with E-state index < -0.39 is 11.6 Å². The molecule has 1 aromatic rings. The van der Waals surface area contributed by atoms with E-state index in [0.717, 1.165) is 19.5 Å². The average Bonchev–Trinajstić information content (AvgIpc) is 2.60. The minimum absolute atomic E-state index is 0.311. The van der Waals surface area contributed by atoms with E-state index in [4.69, 9.17) is 5.26 Å². The number of piperidine rings is 1. The van der Waals surface area contributed by atoms with E-state index in [1.54, 1.807) is 0 Å². The zero-order valence-electron chi connectivity index (χ0n) is 14.6. The van der Waals surface area contributed by atoms with E-state index in [-0.39, 0.29) is 0 Å². The van der Waals surface area contributed by atoms with Gasteiger partial charge in [0.05, 0.1) is 6.07 Å². The lowest BCUT2D eigenvalue weighted by molar-refractivity contribution is 0.0186. The zero-order valence-corrected chi connectivity index (χ0v) is 14.6. The maximum Gasteiger partial charge on any atom is 0.119 e. The summed E-state index contributed by atoms with van der Waals surface area (Å²) >= 11 is 0. The third kappa shape index (κ3) is 3.87. The lowest BCUT2D eigenvalue weighted by Crippen LogP contribution is -2.47. The molecule has 1 heterocycles. The minimum atomic E-state index is -0.919. The van der Waals surface area contributed by atoms with E-state index in [2.05, 4.69) is 41.3 Å². The van der Waals surface area contributed by atoms with Crippen LogP contribution < -0.4 is 0 Å². The highest BCUT2D eigenvalue weighted by atomic mass is 19.1. The molecule has 0 spiro atoms. The standard InChI is InChI=1S/C21H27FN2/c1-21(11-13-23)12-14-24(16-20(21)22)15-17-7-9-19(10-8-17)18-5-3-2-4-6-18/h5,7-10,20H,2-4,6,11-12,14-16H2,1H3. The molecule has 0 amide bonds. The van der Waals surface area contributed by atoms with Crippen molar-refractivity contribution >= 4 is 5.57 Å². The predicted octanol–water partition coefficient (Wildman–Crippen LogP) is 5.11. The molecule has 1 aromatic carbocycles. The van der Waals surface area contributed by atoms with Crippen LogP contribution in [0.5, 0.6) is 0 Å². The minimum Gasteiger partial charge on any atom is -0.296 e. The molecule has 2 unspecified atom stereocenters. The molecule has 1 aliphatic heterocycles. The quantitative estimate of drug-likeness (QED) is 0.769. The summed E-state index contributed by atoms with van der Waals surface area (Å²) in [6, 6.07) is 10.9.